The zero-order valence-electron chi connectivity index (χ0n) is 12.3. The topological polar surface area (TPSA) is 75.1 Å². The molecule has 1 aliphatic carbocycles. The van der Waals surface area contributed by atoms with Crippen LogP contribution in [0.3, 0.4) is 0 Å². The second-order valence-corrected chi connectivity index (χ2v) is 6.27. The zero-order chi connectivity index (χ0) is 14.8. The minimum Gasteiger partial charge on any atom is -0.481 e. The summed E-state index contributed by atoms with van der Waals surface area (Å²) in [7, 11) is 0. The van der Waals surface area contributed by atoms with Crippen molar-refractivity contribution in [2.75, 3.05) is 0 Å². The number of nitrogens with one attached hydrogen (secondary N) is 1. The van der Waals surface area contributed by atoms with Gasteiger partial charge in [-0.25, -0.2) is 9.97 Å². The van der Waals surface area contributed by atoms with E-state index in [0.717, 1.165) is 18.5 Å². The highest BCUT2D eigenvalue weighted by Gasteiger charge is 2.45. The Labute approximate surface area is 119 Å². The molecule has 5 nitrogen and oxygen atoms in total. The molecule has 1 aromatic heterocycles. The Balaban J connectivity index is 1.99. The maximum atomic E-state index is 11.4. The molecule has 2 rings (SSSR count). The first kappa shape index (κ1) is 14.9. The van der Waals surface area contributed by atoms with Gasteiger partial charge in [-0.05, 0) is 30.2 Å². The van der Waals surface area contributed by atoms with Crippen LogP contribution in [0, 0.1) is 17.3 Å². The third-order valence-corrected chi connectivity index (χ3v) is 4.93. The molecule has 1 aromatic rings. The van der Waals surface area contributed by atoms with Gasteiger partial charge in [0.2, 0.25) is 0 Å². The van der Waals surface area contributed by atoms with E-state index in [9.17, 15) is 9.90 Å². The smallest absolute Gasteiger partial charge is 0.307 e. The van der Waals surface area contributed by atoms with Crippen molar-refractivity contribution in [2.45, 2.75) is 46.2 Å². The van der Waals surface area contributed by atoms with Crippen LogP contribution in [0.25, 0.3) is 0 Å². The second-order valence-electron chi connectivity index (χ2n) is 6.27. The Bertz CT molecular complexity index is 461. The van der Waals surface area contributed by atoms with Gasteiger partial charge in [0.1, 0.15) is 6.33 Å². The summed E-state index contributed by atoms with van der Waals surface area (Å²) in [4.78, 5) is 19.5. The summed E-state index contributed by atoms with van der Waals surface area (Å²) < 4.78 is 0. The summed E-state index contributed by atoms with van der Waals surface area (Å²) in [6.45, 7) is 6.97. The highest BCUT2D eigenvalue weighted by molar-refractivity contribution is 5.71. The number of hydrogen-bond acceptors (Lipinski definition) is 4. The maximum Gasteiger partial charge on any atom is 0.307 e. The number of carboxylic acid groups (broad SMARTS) is 1. The Morgan fingerprint density at radius 1 is 1.50 bits per heavy atom. The number of aliphatic carboxylic acids is 1. The van der Waals surface area contributed by atoms with Crippen LogP contribution in [-0.2, 0) is 11.3 Å². The molecule has 0 bridgehead atoms. The SMILES string of the molecule is CC1C(NCc2ccncn2)CCC(C(=O)O)C1(C)C. The largest absolute Gasteiger partial charge is 0.481 e. The Morgan fingerprint density at radius 3 is 2.85 bits per heavy atom. The van der Waals surface area contributed by atoms with Crippen LogP contribution >= 0.6 is 0 Å². The van der Waals surface area contributed by atoms with Crippen molar-refractivity contribution in [1.82, 2.24) is 15.3 Å². The quantitative estimate of drug-likeness (QED) is 0.881. The number of rotatable bonds is 4. The predicted octanol–water partition coefficient (Wildman–Crippen LogP) is 2.09. The molecule has 2 N–H and O–H groups in total. The van der Waals surface area contributed by atoms with E-state index in [1.165, 1.54) is 0 Å². The van der Waals surface area contributed by atoms with Gasteiger partial charge in [0, 0.05) is 18.8 Å². The van der Waals surface area contributed by atoms with Crippen molar-refractivity contribution in [2.24, 2.45) is 17.3 Å². The molecule has 5 heteroatoms. The third-order valence-electron chi connectivity index (χ3n) is 4.93. The molecule has 0 saturated heterocycles. The van der Waals surface area contributed by atoms with E-state index >= 15 is 0 Å². The van der Waals surface area contributed by atoms with Gasteiger partial charge in [-0.15, -0.1) is 0 Å². The lowest BCUT2D eigenvalue weighted by atomic mass is 9.61. The first-order valence-corrected chi connectivity index (χ1v) is 7.14. The lowest BCUT2D eigenvalue weighted by molar-refractivity contribution is -0.150. The van der Waals surface area contributed by atoms with Crippen LogP contribution in [0.4, 0.5) is 0 Å². The van der Waals surface area contributed by atoms with Gasteiger partial charge in [-0.3, -0.25) is 4.79 Å². The van der Waals surface area contributed by atoms with Gasteiger partial charge in [-0.1, -0.05) is 20.8 Å². The molecule has 0 radical (unpaired) electrons. The van der Waals surface area contributed by atoms with E-state index in [1.807, 2.05) is 6.07 Å². The minimum atomic E-state index is -0.670. The van der Waals surface area contributed by atoms with Crippen molar-refractivity contribution in [3.05, 3.63) is 24.3 Å². The zero-order valence-corrected chi connectivity index (χ0v) is 12.3. The summed E-state index contributed by atoms with van der Waals surface area (Å²) in [5.41, 5.74) is 0.762. The molecule has 3 unspecified atom stereocenters. The van der Waals surface area contributed by atoms with Crippen LogP contribution in [0.5, 0.6) is 0 Å². The van der Waals surface area contributed by atoms with Gasteiger partial charge in [0.25, 0.3) is 0 Å². The number of aromatic nitrogens is 2. The van der Waals surface area contributed by atoms with E-state index in [2.05, 4.69) is 36.1 Å². The first-order chi connectivity index (χ1) is 9.43. The van der Waals surface area contributed by atoms with Crippen LogP contribution in [0.1, 0.15) is 39.3 Å². The summed E-state index contributed by atoms with van der Waals surface area (Å²) in [5, 5.41) is 12.9. The molecular formula is C15H23N3O2. The number of nitrogens with zero attached hydrogens (tertiary/aromatic N) is 2. The van der Waals surface area contributed by atoms with Crippen molar-refractivity contribution in [1.29, 1.82) is 0 Å². The van der Waals surface area contributed by atoms with E-state index in [-0.39, 0.29) is 11.3 Å². The van der Waals surface area contributed by atoms with Crippen LogP contribution in [0.2, 0.25) is 0 Å². The van der Waals surface area contributed by atoms with E-state index < -0.39 is 5.97 Å². The fourth-order valence-electron chi connectivity index (χ4n) is 3.18. The Kier molecular flexibility index (Phi) is 4.38. The molecule has 0 aliphatic heterocycles. The van der Waals surface area contributed by atoms with E-state index in [0.29, 0.717) is 18.5 Å². The molecule has 0 aromatic carbocycles. The van der Waals surface area contributed by atoms with E-state index in [4.69, 9.17) is 0 Å². The molecule has 1 aliphatic rings. The highest BCUT2D eigenvalue weighted by Crippen LogP contribution is 2.45. The highest BCUT2D eigenvalue weighted by atomic mass is 16.4. The molecule has 110 valence electrons. The van der Waals surface area contributed by atoms with Crippen molar-refractivity contribution >= 4 is 5.97 Å². The summed E-state index contributed by atoms with van der Waals surface area (Å²) in [6, 6.07) is 2.22. The summed E-state index contributed by atoms with van der Waals surface area (Å²) in [6.07, 6.45) is 4.91. The van der Waals surface area contributed by atoms with Crippen LogP contribution in [0.15, 0.2) is 18.6 Å². The van der Waals surface area contributed by atoms with Gasteiger partial charge >= 0.3 is 5.97 Å². The van der Waals surface area contributed by atoms with Gasteiger partial charge in [-0.2, -0.15) is 0 Å². The van der Waals surface area contributed by atoms with Crippen molar-refractivity contribution < 1.29 is 9.90 Å². The Hall–Kier alpha value is -1.49. The van der Waals surface area contributed by atoms with Crippen LogP contribution < -0.4 is 5.32 Å². The monoisotopic (exact) mass is 277 g/mol. The number of hydrogen-bond donors (Lipinski definition) is 2. The normalized spacial score (nSPS) is 29.1. The third kappa shape index (κ3) is 2.98. The van der Waals surface area contributed by atoms with Crippen molar-refractivity contribution in [3.63, 3.8) is 0 Å². The molecular weight excluding hydrogens is 254 g/mol. The summed E-state index contributed by atoms with van der Waals surface area (Å²) >= 11 is 0. The second kappa shape index (κ2) is 5.87. The Morgan fingerprint density at radius 2 is 2.25 bits per heavy atom. The lowest BCUT2D eigenvalue weighted by Gasteiger charge is -2.46. The maximum absolute atomic E-state index is 11.4. The standard InChI is InChI=1S/C15H23N3O2/c1-10-13(17-8-11-6-7-16-9-18-11)5-4-12(14(19)20)15(10,2)3/h6-7,9-10,12-13,17H,4-5,8H2,1-3H3,(H,19,20). The van der Waals surface area contributed by atoms with Crippen LogP contribution in [-0.4, -0.2) is 27.1 Å². The first-order valence-electron chi connectivity index (χ1n) is 7.14. The number of carboxylic acids is 1. The predicted molar refractivity (Wildman–Crippen MR) is 76.0 cm³/mol. The van der Waals surface area contributed by atoms with Crippen molar-refractivity contribution in [3.8, 4) is 0 Å². The molecule has 0 amide bonds. The lowest BCUT2D eigenvalue weighted by Crippen LogP contribution is -2.50. The fourth-order valence-corrected chi connectivity index (χ4v) is 3.18. The average Bonchev–Trinajstić information content (AvgIpc) is 2.41. The van der Waals surface area contributed by atoms with Gasteiger partial charge < -0.3 is 10.4 Å². The molecule has 1 saturated carbocycles. The fraction of sp³-hybridized carbons (Fsp3) is 0.667. The summed E-state index contributed by atoms with van der Waals surface area (Å²) in [5.74, 6) is -0.620. The molecule has 20 heavy (non-hydrogen) atoms. The van der Waals surface area contributed by atoms with Gasteiger partial charge in [0.05, 0.1) is 11.6 Å². The molecule has 1 heterocycles. The molecule has 0 spiro atoms. The molecule has 3 atom stereocenters. The average molecular weight is 277 g/mol. The van der Waals surface area contributed by atoms with E-state index in [1.54, 1.807) is 12.5 Å². The molecule has 1 fully saturated rings. The number of carbonyl (C=O) groups is 1. The minimum absolute atomic E-state index is 0.201. The van der Waals surface area contributed by atoms with Gasteiger partial charge in [0.15, 0.2) is 0 Å².